The zero-order chi connectivity index (χ0) is 36.2. The fourth-order valence-corrected chi connectivity index (χ4v) is 6.54. The standard InChI is InChI=1S/C40H78N2O6S/c1-5-8-11-12-19-25-35-47-39(44)29-21-15-13-17-23-32-42(34-26-31-41-38(43)36-49(4)46)33-24-18-14-16-22-30-40(45)48-37(27-10-7-3)28-20-9-6-2/h37H,5-36H2,1-4H3,(H,41,43). The Bertz CT molecular complexity index is 812. The molecule has 8 nitrogen and oxygen atoms in total. The Labute approximate surface area is 304 Å². The Morgan fingerprint density at radius 2 is 1.08 bits per heavy atom. The molecule has 1 N–H and O–H groups in total. The third kappa shape index (κ3) is 34.7. The van der Waals surface area contributed by atoms with E-state index >= 15 is 0 Å². The van der Waals surface area contributed by atoms with E-state index in [0.29, 0.717) is 26.0 Å². The van der Waals surface area contributed by atoms with Gasteiger partial charge < -0.3 is 19.7 Å². The molecule has 0 saturated heterocycles. The van der Waals surface area contributed by atoms with Gasteiger partial charge in [0.1, 0.15) is 11.9 Å². The van der Waals surface area contributed by atoms with Crippen molar-refractivity contribution >= 4 is 28.6 Å². The van der Waals surface area contributed by atoms with Crippen molar-refractivity contribution in [2.45, 2.75) is 194 Å². The molecule has 0 bridgehead atoms. The zero-order valence-corrected chi connectivity index (χ0v) is 33.3. The Kier molecular flexibility index (Phi) is 35.2. The van der Waals surface area contributed by atoms with E-state index in [0.717, 1.165) is 135 Å². The molecular weight excluding hydrogens is 637 g/mol. The molecule has 2 unspecified atom stereocenters. The van der Waals surface area contributed by atoms with Gasteiger partial charge in [-0.25, -0.2) is 0 Å². The van der Waals surface area contributed by atoms with E-state index in [9.17, 15) is 18.6 Å². The van der Waals surface area contributed by atoms with Gasteiger partial charge in [-0.2, -0.15) is 0 Å². The molecule has 0 aliphatic heterocycles. The summed E-state index contributed by atoms with van der Waals surface area (Å²) in [6.45, 7) is 10.8. The molecule has 0 aliphatic rings. The largest absolute Gasteiger partial charge is 0.466 e. The van der Waals surface area contributed by atoms with Crippen molar-refractivity contribution in [2.24, 2.45) is 0 Å². The summed E-state index contributed by atoms with van der Waals surface area (Å²) < 4.78 is 22.5. The predicted octanol–water partition coefficient (Wildman–Crippen LogP) is 9.44. The number of hydrogen-bond donors (Lipinski definition) is 1. The molecule has 1 amide bonds. The number of carbonyl (C=O) groups excluding carboxylic acids is 3. The van der Waals surface area contributed by atoms with E-state index < -0.39 is 10.8 Å². The molecule has 0 heterocycles. The minimum Gasteiger partial charge on any atom is -0.466 e. The Morgan fingerprint density at radius 1 is 0.592 bits per heavy atom. The quantitative estimate of drug-likeness (QED) is 0.0505. The molecule has 0 rings (SSSR count). The van der Waals surface area contributed by atoms with Crippen LogP contribution >= 0.6 is 0 Å². The lowest BCUT2D eigenvalue weighted by atomic mass is 10.1. The number of unbranched alkanes of at least 4 members (excludes halogenated alkanes) is 16. The van der Waals surface area contributed by atoms with Crippen LogP contribution in [0.2, 0.25) is 0 Å². The minimum absolute atomic E-state index is 0.0236. The fourth-order valence-electron chi connectivity index (χ4n) is 6.07. The lowest BCUT2D eigenvalue weighted by Gasteiger charge is -2.22. The SMILES string of the molecule is CCCCCCCCOC(=O)CCCCCCCN(CCCCCCCC(=O)OC(CCCC)CCCCC)CCCNC(=O)CS(C)=O. The minimum atomic E-state index is -1.12. The Morgan fingerprint density at radius 3 is 1.69 bits per heavy atom. The molecule has 0 fully saturated rings. The van der Waals surface area contributed by atoms with Gasteiger partial charge in [0, 0.05) is 36.4 Å². The van der Waals surface area contributed by atoms with Crippen molar-refractivity contribution in [1.82, 2.24) is 10.2 Å². The van der Waals surface area contributed by atoms with Gasteiger partial charge in [0.15, 0.2) is 0 Å². The van der Waals surface area contributed by atoms with Crippen LogP contribution in [0.5, 0.6) is 0 Å². The van der Waals surface area contributed by atoms with Crippen molar-refractivity contribution in [3.05, 3.63) is 0 Å². The monoisotopic (exact) mass is 715 g/mol. The maximum Gasteiger partial charge on any atom is 0.306 e. The smallest absolute Gasteiger partial charge is 0.306 e. The van der Waals surface area contributed by atoms with Crippen LogP contribution in [-0.2, 0) is 34.7 Å². The number of amides is 1. The lowest BCUT2D eigenvalue weighted by molar-refractivity contribution is -0.150. The third-order valence-corrected chi connectivity index (χ3v) is 9.76. The summed E-state index contributed by atoms with van der Waals surface area (Å²) in [4.78, 5) is 38.8. The number of hydrogen-bond acceptors (Lipinski definition) is 7. The van der Waals surface area contributed by atoms with Crippen molar-refractivity contribution in [1.29, 1.82) is 0 Å². The Hall–Kier alpha value is -1.48. The van der Waals surface area contributed by atoms with Gasteiger partial charge in [-0.1, -0.05) is 117 Å². The van der Waals surface area contributed by atoms with Crippen molar-refractivity contribution < 1.29 is 28.1 Å². The maximum absolute atomic E-state index is 12.5. The second kappa shape index (κ2) is 36.3. The first-order valence-corrected chi connectivity index (χ1v) is 22.2. The summed E-state index contributed by atoms with van der Waals surface area (Å²) in [5.74, 6) is -0.151. The predicted molar refractivity (Wildman–Crippen MR) is 206 cm³/mol. The van der Waals surface area contributed by atoms with Crippen LogP contribution in [0.1, 0.15) is 188 Å². The Balaban J connectivity index is 4.26. The second-order valence-corrected chi connectivity index (χ2v) is 15.5. The molecule has 0 spiro atoms. The van der Waals surface area contributed by atoms with Gasteiger partial charge in [0.05, 0.1) is 6.61 Å². The van der Waals surface area contributed by atoms with Gasteiger partial charge in [-0.3, -0.25) is 18.6 Å². The molecule has 0 aromatic rings. The van der Waals surface area contributed by atoms with E-state index in [1.165, 1.54) is 38.5 Å². The number of esters is 2. The number of carbonyl (C=O) groups is 3. The number of rotatable bonds is 37. The highest BCUT2D eigenvalue weighted by atomic mass is 32.2. The van der Waals surface area contributed by atoms with E-state index in [1.807, 2.05) is 0 Å². The van der Waals surface area contributed by atoms with Crippen molar-refractivity contribution in [3.63, 3.8) is 0 Å². The van der Waals surface area contributed by atoms with Crippen LogP contribution in [0.3, 0.4) is 0 Å². The first-order valence-electron chi connectivity index (χ1n) is 20.5. The van der Waals surface area contributed by atoms with Gasteiger partial charge in [-0.15, -0.1) is 0 Å². The average molecular weight is 715 g/mol. The van der Waals surface area contributed by atoms with Crippen LogP contribution in [0.25, 0.3) is 0 Å². The normalized spacial score (nSPS) is 12.6. The van der Waals surface area contributed by atoms with Crippen LogP contribution in [-0.4, -0.2) is 77.9 Å². The molecule has 2 atom stereocenters. The summed E-state index contributed by atoms with van der Waals surface area (Å²) in [5, 5.41) is 2.89. The van der Waals surface area contributed by atoms with Gasteiger partial charge in [-0.05, 0) is 77.4 Å². The zero-order valence-electron chi connectivity index (χ0n) is 32.5. The summed E-state index contributed by atoms with van der Waals surface area (Å²) in [5.41, 5.74) is 0. The first kappa shape index (κ1) is 47.5. The third-order valence-electron chi connectivity index (χ3n) is 9.09. The van der Waals surface area contributed by atoms with Crippen LogP contribution < -0.4 is 5.32 Å². The van der Waals surface area contributed by atoms with Crippen molar-refractivity contribution in [2.75, 3.05) is 44.8 Å². The molecule has 49 heavy (non-hydrogen) atoms. The van der Waals surface area contributed by atoms with E-state index in [1.54, 1.807) is 6.26 Å². The van der Waals surface area contributed by atoms with Crippen LogP contribution in [0.4, 0.5) is 0 Å². The second-order valence-electron chi connectivity index (χ2n) is 14.0. The molecule has 0 aromatic heterocycles. The lowest BCUT2D eigenvalue weighted by Crippen LogP contribution is -2.33. The first-order chi connectivity index (χ1) is 23.8. The maximum atomic E-state index is 12.5. The highest BCUT2D eigenvalue weighted by molar-refractivity contribution is 7.85. The van der Waals surface area contributed by atoms with E-state index in [2.05, 4.69) is 31.0 Å². The van der Waals surface area contributed by atoms with E-state index in [-0.39, 0.29) is 29.7 Å². The van der Waals surface area contributed by atoms with Crippen LogP contribution in [0.15, 0.2) is 0 Å². The fraction of sp³-hybridized carbons (Fsp3) is 0.925. The molecule has 0 aromatic carbocycles. The summed E-state index contributed by atoms with van der Waals surface area (Å²) in [6, 6.07) is 0. The number of ether oxygens (including phenoxy) is 2. The molecule has 0 saturated carbocycles. The molecule has 0 aliphatic carbocycles. The van der Waals surface area contributed by atoms with Gasteiger partial charge >= 0.3 is 11.9 Å². The molecular formula is C40H78N2O6S. The summed E-state index contributed by atoms with van der Waals surface area (Å²) in [6.07, 6.45) is 29.3. The number of nitrogens with one attached hydrogen (secondary N) is 1. The van der Waals surface area contributed by atoms with Gasteiger partial charge in [0.2, 0.25) is 5.91 Å². The van der Waals surface area contributed by atoms with Crippen molar-refractivity contribution in [3.8, 4) is 0 Å². The average Bonchev–Trinajstić information content (AvgIpc) is 3.07. The van der Waals surface area contributed by atoms with E-state index in [4.69, 9.17) is 9.47 Å². The number of nitrogens with zero attached hydrogens (tertiary/aromatic N) is 1. The summed E-state index contributed by atoms with van der Waals surface area (Å²) in [7, 11) is -1.12. The molecule has 9 heteroatoms. The topological polar surface area (TPSA) is 102 Å². The van der Waals surface area contributed by atoms with Crippen LogP contribution in [0, 0.1) is 0 Å². The molecule has 290 valence electrons. The van der Waals surface area contributed by atoms with Gasteiger partial charge in [0.25, 0.3) is 0 Å². The highest BCUT2D eigenvalue weighted by Crippen LogP contribution is 2.16. The highest BCUT2D eigenvalue weighted by Gasteiger charge is 2.14. The summed E-state index contributed by atoms with van der Waals surface area (Å²) >= 11 is 0. The molecule has 0 radical (unpaired) electrons.